The molecule has 1 saturated heterocycles. The highest BCUT2D eigenvalue weighted by Gasteiger charge is 2.14. The number of allylic oxidation sites excluding steroid dienone is 2. The average molecular weight is 430 g/mol. The van der Waals surface area contributed by atoms with E-state index in [0.29, 0.717) is 11.6 Å². The molecule has 0 aliphatic carbocycles. The molecule has 0 amide bonds. The molecule has 1 aliphatic rings. The van der Waals surface area contributed by atoms with Crippen LogP contribution in [0.5, 0.6) is 0 Å². The second kappa shape index (κ2) is 11.5. The first-order valence-electron chi connectivity index (χ1n) is 11.4. The summed E-state index contributed by atoms with van der Waals surface area (Å²) in [6, 6.07) is 17.2. The average Bonchev–Trinajstić information content (AvgIpc) is 3.26. The highest BCUT2D eigenvalue weighted by atomic mass is 15.2. The third-order valence-electron chi connectivity index (χ3n) is 5.49. The van der Waals surface area contributed by atoms with Gasteiger partial charge in [-0.25, -0.2) is 4.98 Å². The Hall–Kier alpha value is -3.05. The first kappa shape index (κ1) is 23.6. The van der Waals surface area contributed by atoms with Gasteiger partial charge in [0.25, 0.3) is 0 Å². The van der Waals surface area contributed by atoms with E-state index in [1.807, 2.05) is 19.9 Å². The van der Waals surface area contributed by atoms with Gasteiger partial charge in [0.05, 0.1) is 0 Å². The number of H-pyrrole nitrogens is 1. The Labute approximate surface area is 192 Å². The van der Waals surface area contributed by atoms with Crippen LogP contribution in [0.1, 0.15) is 49.7 Å². The number of aliphatic imine (C=N–C) groups is 1. The standard InChI is InChI=1S/C18H23N5.C9H12/c1-13(2)11-16(19-3)18-20-17(21-22-18)15-7-5-14(6-8-15)12-23-9-4-10-23;1-3-9-6-4-8(2)5-7-9/h5-8,11H,4,9-10,12H2,1-3H3,(H,20,21,22);4-7H,3H2,1-2H3. The molecule has 5 heteroatoms. The SMILES string of the molecule is CCc1ccc(C)cc1.CN=C(C=C(C)C)c1nc(-c2ccc(CN3CCC3)cc2)n[nH]1. The maximum absolute atomic E-state index is 4.57. The Morgan fingerprint density at radius 2 is 1.69 bits per heavy atom. The Morgan fingerprint density at radius 1 is 1.03 bits per heavy atom. The summed E-state index contributed by atoms with van der Waals surface area (Å²) in [4.78, 5) is 11.3. The van der Waals surface area contributed by atoms with Crippen LogP contribution in [0, 0.1) is 6.92 Å². The molecule has 1 fully saturated rings. The molecule has 4 rings (SSSR count). The van der Waals surface area contributed by atoms with Crippen molar-refractivity contribution >= 4 is 5.71 Å². The summed E-state index contributed by atoms with van der Waals surface area (Å²) in [5, 5.41) is 7.30. The Morgan fingerprint density at radius 3 is 2.22 bits per heavy atom. The predicted molar refractivity (Wildman–Crippen MR) is 134 cm³/mol. The molecule has 5 nitrogen and oxygen atoms in total. The van der Waals surface area contributed by atoms with Crippen LogP contribution >= 0.6 is 0 Å². The highest BCUT2D eigenvalue weighted by Crippen LogP contribution is 2.18. The maximum atomic E-state index is 4.57. The molecule has 0 atom stereocenters. The quantitative estimate of drug-likeness (QED) is 0.517. The van der Waals surface area contributed by atoms with Crippen LogP contribution in [0.2, 0.25) is 0 Å². The van der Waals surface area contributed by atoms with Gasteiger partial charge in [-0.3, -0.25) is 15.0 Å². The Balaban J connectivity index is 0.000000269. The zero-order chi connectivity index (χ0) is 22.9. The van der Waals surface area contributed by atoms with E-state index < -0.39 is 0 Å². The van der Waals surface area contributed by atoms with Gasteiger partial charge in [0, 0.05) is 19.2 Å². The van der Waals surface area contributed by atoms with Crippen LogP contribution in [0.4, 0.5) is 0 Å². The molecule has 0 saturated carbocycles. The van der Waals surface area contributed by atoms with Crippen LogP contribution in [0.3, 0.4) is 0 Å². The molecule has 3 aromatic rings. The highest BCUT2D eigenvalue weighted by molar-refractivity contribution is 6.06. The van der Waals surface area contributed by atoms with Crippen molar-refractivity contribution in [3.8, 4) is 11.4 Å². The topological polar surface area (TPSA) is 57.2 Å². The number of hydrogen-bond acceptors (Lipinski definition) is 4. The van der Waals surface area contributed by atoms with Crippen LogP contribution < -0.4 is 0 Å². The van der Waals surface area contributed by atoms with Crippen molar-refractivity contribution in [2.24, 2.45) is 4.99 Å². The fraction of sp³-hybridized carbons (Fsp3) is 0.370. The minimum absolute atomic E-state index is 0.702. The molecular weight excluding hydrogens is 394 g/mol. The number of hydrogen-bond donors (Lipinski definition) is 1. The minimum atomic E-state index is 0.702. The molecule has 1 N–H and O–H groups in total. The van der Waals surface area contributed by atoms with Gasteiger partial charge >= 0.3 is 0 Å². The molecule has 32 heavy (non-hydrogen) atoms. The summed E-state index contributed by atoms with van der Waals surface area (Å²) in [6.07, 6.45) is 4.46. The summed E-state index contributed by atoms with van der Waals surface area (Å²) in [6.45, 7) is 11.8. The first-order valence-corrected chi connectivity index (χ1v) is 11.4. The second-order valence-electron chi connectivity index (χ2n) is 8.50. The van der Waals surface area contributed by atoms with Crippen molar-refractivity contribution in [1.82, 2.24) is 20.1 Å². The summed E-state index contributed by atoms with van der Waals surface area (Å²) < 4.78 is 0. The Kier molecular flexibility index (Phi) is 8.51. The van der Waals surface area contributed by atoms with Crippen molar-refractivity contribution in [2.75, 3.05) is 20.1 Å². The molecular formula is C27H35N5. The zero-order valence-electron chi connectivity index (χ0n) is 20.0. The van der Waals surface area contributed by atoms with Gasteiger partial charge in [0.1, 0.15) is 5.71 Å². The third-order valence-corrected chi connectivity index (χ3v) is 5.49. The van der Waals surface area contributed by atoms with E-state index in [4.69, 9.17) is 0 Å². The summed E-state index contributed by atoms with van der Waals surface area (Å²) in [5.41, 5.74) is 7.11. The van der Waals surface area contributed by atoms with Gasteiger partial charge in [-0.05, 0) is 63.9 Å². The van der Waals surface area contributed by atoms with Gasteiger partial charge in [0.2, 0.25) is 0 Å². The van der Waals surface area contributed by atoms with E-state index in [0.717, 1.165) is 24.2 Å². The van der Waals surface area contributed by atoms with Crippen LogP contribution in [-0.4, -0.2) is 45.9 Å². The zero-order valence-corrected chi connectivity index (χ0v) is 20.0. The van der Waals surface area contributed by atoms with Gasteiger partial charge in [-0.2, -0.15) is 5.10 Å². The maximum Gasteiger partial charge on any atom is 0.181 e. The van der Waals surface area contributed by atoms with Crippen molar-refractivity contribution in [1.29, 1.82) is 0 Å². The number of nitrogens with one attached hydrogen (secondary N) is 1. The largest absolute Gasteiger partial charge is 0.299 e. The number of aromatic nitrogens is 3. The molecule has 2 aromatic carbocycles. The minimum Gasteiger partial charge on any atom is -0.299 e. The predicted octanol–water partition coefficient (Wildman–Crippen LogP) is 5.62. The smallest absolute Gasteiger partial charge is 0.181 e. The molecule has 1 aliphatic heterocycles. The van der Waals surface area contributed by atoms with E-state index in [1.54, 1.807) is 7.05 Å². The van der Waals surface area contributed by atoms with Crippen molar-refractivity contribution in [3.63, 3.8) is 0 Å². The van der Waals surface area contributed by atoms with E-state index in [1.165, 1.54) is 41.8 Å². The van der Waals surface area contributed by atoms with E-state index in [9.17, 15) is 0 Å². The summed E-state index contributed by atoms with van der Waals surface area (Å²) in [5.74, 6) is 1.41. The second-order valence-corrected chi connectivity index (χ2v) is 8.50. The lowest BCUT2D eigenvalue weighted by molar-refractivity contribution is 0.172. The number of rotatable bonds is 6. The van der Waals surface area contributed by atoms with Gasteiger partial charge in [-0.1, -0.05) is 66.6 Å². The number of aromatic amines is 1. The molecule has 168 valence electrons. The number of benzene rings is 2. The molecule has 1 aromatic heterocycles. The lowest BCUT2D eigenvalue weighted by Crippen LogP contribution is -2.36. The first-order chi connectivity index (χ1) is 15.5. The number of nitrogens with zero attached hydrogens (tertiary/aromatic N) is 4. The van der Waals surface area contributed by atoms with E-state index in [2.05, 4.69) is 87.5 Å². The van der Waals surface area contributed by atoms with Gasteiger partial charge in [0.15, 0.2) is 11.6 Å². The number of aryl methyl sites for hydroxylation is 2. The fourth-order valence-electron chi connectivity index (χ4n) is 3.40. The van der Waals surface area contributed by atoms with E-state index >= 15 is 0 Å². The summed E-state index contributed by atoms with van der Waals surface area (Å²) in [7, 11) is 1.77. The van der Waals surface area contributed by atoms with Gasteiger partial charge in [-0.15, -0.1) is 0 Å². The molecule has 0 bridgehead atoms. The normalized spacial score (nSPS) is 13.7. The van der Waals surface area contributed by atoms with Gasteiger partial charge < -0.3 is 0 Å². The Bertz CT molecular complexity index is 1030. The fourth-order valence-corrected chi connectivity index (χ4v) is 3.40. The molecule has 0 radical (unpaired) electrons. The van der Waals surface area contributed by atoms with Crippen molar-refractivity contribution in [3.05, 3.63) is 82.7 Å². The summed E-state index contributed by atoms with van der Waals surface area (Å²) >= 11 is 0. The molecule has 0 spiro atoms. The van der Waals surface area contributed by atoms with Crippen LogP contribution in [0.15, 0.2) is 65.2 Å². The van der Waals surface area contributed by atoms with Crippen LogP contribution in [0.25, 0.3) is 11.4 Å². The monoisotopic (exact) mass is 429 g/mol. The third kappa shape index (κ3) is 6.72. The molecule has 0 unspecified atom stereocenters. The van der Waals surface area contributed by atoms with Crippen molar-refractivity contribution < 1.29 is 0 Å². The van der Waals surface area contributed by atoms with E-state index in [-0.39, 0.29) is 0 Å². The number of likely N-dealkylation sites (tertiary alicyclic amines) is 1. The molecule has 2 heterocycles. The lowest BCUT2D eigenvalue weighted by atomic mass is 10.1. The lowest BCUT2D eigenvalue weighted by Gasteiger charge is -2.30. The van der Waals surface area contributed by atoms with Crippen LogP contribution in [-0.2, 0) is 13.0 Å². The van der Waals surface area contributed by atoms with Crippen molar-refractivity contribution in [2.45, 2.75) is 47.1 Å².